The maximum atomic E-state index is 12.8. The van der Waals surface area contributed by atoms with Crippen molar-refractivity contribution in [2.75, 3.05) is 5.73 Å². The van der Waals surface area contributed by atoms with E-state index < -0.39 is 5.41 Å². The molecule has 1 saturated carbocycles. The van der Waals surface area contributed by atoms with Gasteiger partial charge in [-0.1, -0.05) is 13.8 Å². The zero-order chi connectivity index (χ0) is 16.1. The van der Waals surface area contributed by atoms with Gasteiger partial charge in [0, 0.05) is 6.04 Å². The standard InChI is InChI=1S/C16H19N3O2S/c1-8(2)16(7-17)6-5-10-11(15(21)19-9-3-4-9)14(18)22-12(10)13(16)20/h8-9H,3-6,18H2,1-2H3,(H,19,21). The van der Waals surface area contributed by atoms with Gasteiger partial charge < -0.3 is 11.1 Å². The first kappa shape index (κ1) is 15.0. The predicted octanol–water partition coefficient (Wildman–Crippen LogP) is 2.52. The predicted molar refractivity (Wildman–Crippen MR) is 84.8 cm³/mol. The molecule has 0 aromatic carbocycles. The van der Waals surface area contributed by atoms with Gasteiger partial charge in [-0.2, -0.15) is 5.26 Å². The molecule has 3 N–H and O–H groups in total. The fourth-order valence-electron chi connectivity index (χ4n) is 3.07. The molecule has 6 heteroatoms. The molecule has 5 nitrogen and oxygen atoms in total. The number of fused-ring (bicyclic) bond motifs is 1. The van der Waals surface area contributed by atoms with E-state index in [-0.39, 0.29) is 23.7 Å². The van der Waals surface area contributed by atoms with E-state index in [9.17, 15) is 14.9 Å². The Balaban J connectivity index is 2.01. The van der Waals surface area contributed by atoms with Gasteiger partial charge in [-0.05, 0) is 37.2 Å². The lowest BCUT2D eigenvalue weighted by molar-refractivity contribution is 0.0776. The van der Waals surface area contributed by atoms with Crippen LogP contribution in [-0.2, 0) is 6.42 Å². The zero-order valence-electron chi connectivity index (χ0n) is 12.7. The number of hydrogen-bond donors (Lipinski definition) is 2. The van der Waals surface area contributed by atoms with E-state index in [1.807, 2.05) is 13.8 Å². The van der Waals surface area contributed by atoms with Crippen molar-refractivity contribution in [2.45, 2.75) is 45.6 Å². The SMILES string of the molecule is CC(C)C1(C#N)CCc2c(sc(N)c2C(=O)NC2CC2)C1=O. The minimum atomic E-state index is -0.992. The normalized spacial score (nSPS) is 24.0. The number of hydrogen-bond acceptors (Lipinski definition) is 5. The van der Waals surface area contributed by atoms with E-state index >= 15 is 0 Å². The summed E-state index contributed by atoms with van der Waals surface area (Å²) in [6, 6.07) is 2.47. The minimum absolute atomic E-state index is 0.0646. The van der Waals surface area contributed by atoms with Crippen molar-refractivity contribution < 1.29 is 9.59 Å². The number of nitriles is 1. The third kappa shape index (κ3) is 2.12. The van der Waals surface area contributed by atoms with Gasteiger partial charge in [0.2, 0.25) is 0 Å². The van der Waals surface area contributed by atoms with Crippen LogP contribution in [0.1, 0.15) is 58.7 Å². The first-order chi connectivity index (χ1) is 10.4. The summed E-state index contributed by atoms with van der Waals surface area (Å²) >= 11 is 1.15. The van der Waals surface area contributed by atoms with Crippen LogP contribution in [0.3, 0.4) is 0 Å². The van der Waals surface area contributed by atoms with E-state index in [1.54, 1.807) is 0 Å². The molecule has 0 radical (unpaired) electrons. The average Bonchev–Trinajstić information content (AvgIpc) is 3.20. The Morgan fingerprint density at radius 2 is 2.18 bits per heavy atom. The Labute approximate surface area is 133 Å². The smallest absolute Gasteiger partial charge is 0.254 e. The molecule has 1 aromatic rings. The second kappa shape index (κ2) is 5.10. The van der Waals surface area contributed by atoms with Crippen LogP contribution in [0.5, 0.6) is 0 Å². The monoisotopic (exact) mass is 317 g/mol. The van der Waals surface area contributed by atoms with Gasteiger partial charge in [0.1, 0.15) is 5.41 Å². The van der Waals surface area contributed by atoms with Crippen molar-refractivity contribution in [3.63, 3.8) is 0 Å². The minimum Gasteiger partial charge on any atom is -0.390 e. The Hall–Kier alpha value is -1.87. The maximum absolute atomic E-state index is 12.8. The lowest BCUT2D eigenvalue weighted by Gasteiger charge is -2.32. The lowest BCUT2D eigenvalue weighted by atomic mass is 9.67. The molecule has 0 saturated heterocycles. The molecule has 0 spiro atoms. The fourth-order valence-corrected chi connectivity index (χ4v) is 4.21. The van der Waals surface area contributed by atoms with Crippen molar-refractivity contribution in [1.82, 2.24) is 5.32 Å². The van der Waals surface area contributed by atoms with Crippen LogP contribution in [0.2, 0.25) is 0 Å². The third-order valence-corrected chi connectivity index (χ3v) is 5.80. The summed E-state index contributed by atoms with van der Waals surface area (Å²) in [6.45, 7) is 3.79. The van der Waals surface area contributed by atoms with Gasteiger partial charge in [-0.15, -0.1) is 11.3 Å². The number of carbonyl (C=O) groups excluding carboxylic acids is 2. The van der Waals surface area contributed by atoms with Crippen molar-refractivity contribution in [3.05, 3.63) is 16.0 Å². The number of anilines is 1. The number of carbonyl (C=O) groups is 2. The Bertz CT molecular complexity index is 697. The molecule has 3 rings (SSSR count). The highest BCUT2D eigenvalue weighted by Gasteiger charge is 2.48. The number of Topliss-reactive ketones (excluding diaryl/α,β-unsaturated/α-hetero) is 1. The van der Waals surface area contributed by atoms with Gasteiger partial charge in [0.25, 0.3) is 5.91 Å². The highest BCUT2D eigenvalue weighted by molar-refractivity contribution is 7.18. The number of amides is 1. The summed E-state index contributed by atoms with van der Waals surface area (Å²) in [6.07, 6.45) is 3.00. The molecule has 1 fully saturated rings. The number of nitrogen functional groups attached to an aromatic ring is 1. The number of ketones is 1. The molecule has 1 amide bonds. The molecule has 1 aromatic heterocycles. The lowest BCUT2D eigenvalue weighted by Crippen LogP contribution is -2.39. The number of nitrogens with zero attached hydrogens (tertiary/aromatic N) is 1. The fraction of sp³-hybridized carbons (Fsp3) is 0.562. The summed E-state index contributed by atoms with van der Waals surface area (Å²) in [4.78, 5) is 25.7. The van der Waals surface area contributed by atoms with Crippen LogP contribution in [0.4, 0.5) is 5.00 Å². The molecule has 1 unspecified atom stereocenters. The quantitative estimate of drug-likeness (QED) is 0.895. The summed E-state index contributed by atoms with van der Waals surface area (Å²) < 4.78 is 0. The van der Waals surface area contributed by atoms with Gasteiger partial charge in [-0.25, -0.2) is 0 Å². The second-order valence-corrected chi connectivity index (χ2v) is 7.52. The van der Waals surface area contributed by atoms with Gasteiger partial charge in [0.05, 0.1) is 21.5 Å². The van der Waals surface area contributed by atoms with Gasteiger partial charge >= 0.3 is 0 Å². The Morgan fingerprint density at radius 3 is 2.73 bits per heavy atom. The number of nitrogens with two attached hydrogens (primary N) is 1. The van der Waals surface area contributed by atoms with E-state index in [0.29, 0.717) is 28.3 Å². The molecular weight excluding hydrogens is 298 g/mol. The van der Waals surface area contributed by atoms with E-state index in [1.165, 1.54) is 0 Å². The molecule has 1 atom stereocenters. The average molecular weight is 317 g/mol. The first-order valence-corrected chi connectivity index (χ1v) is 8.40. The van der Waals surface area contributed by atoms with Crippen LogP contribution < -0.4 is 11.1 Å². The summed E-state index contributed by atoms with van der Waals surface area (Å²) in [5.74, 6) is -0.419. The summed E-state index contributed by atoms with van der Waals surface area (Å²) in [5.41, 5.74) is 6.21. The molecule has 22 heavy (non-hydrogen) atoms. The molecule has 116 valence electrons. The second-order valence-electron chi connectivity index (χ2n) is 6.46. The van der Waals surface area contributed by atoms with Crippen molar-refractivity contribution >= 4 is 28.0 Å². The Morgan fingerprint density at radius 1 is 1.50 bits per heavy atom. The molecule has 2 aliphatic carbocycles. The van der Waals surface area contributed by atoms with Crippen LogP contribution in [0, 0.1) is 22.7 Å². The topological polar surface area (TPSA) is 96.0 Å². The summed E-state index contributed by atoms with van der Waals surface area (Å²) in [7, 11) is 0. The molecular formula is C16H19N3O2S. The summed E-state index contributed by atoms with van der Waals surface area (Å²) in [5, 5.41) is 12.9. The zero-order valence-corrected chi connectivity index (χ0v) is 13.5. The first-order valence-electron chi connectivity index (χ1n) is 7.58. The number of rotatable bonds is 3. The Kier molecular flexibility index (Phi) is 3.48. The molecule has 2 aliphatic rings. The van der Waals surface area contributed by atoms with Crippen LogP contribution in [0.15, 0.2) is 0 Å². The maximum Gasteiger partial charge on any atom is 0.254 e. The largest absolute Gasteiger partial charge is 0.390 e. The highest BCUT2D eigenvalue weighted by Crippen LogP contribution is 2.46. The van der Waals surface area contributed by atoms with Crippen LogP contribution >= 0.6 is 11.3 Å². The molecule has 0 aliphatic heterocycles. The number of thiophene rings is 1. The van der Waals surface area contributed by atoms with Crippen molar-refractivity contribution in [1.29, 1.82) is 5.26 Å². The number of nitrogens with one attached hydrogen (secondary N) is 1. The van der Waals surface area contributed by atoms with Gasteiger partial charge in [0.15, 0.2) is 5.78 Å². The van der Waals surface area contributed by atoms with Crippen LogP contribution in [0.25, 0.3) is 0 Å². The highest BCUT2D eigenvalue weighted by atomic mass is 32.1. The molecule has 0 bridgehead atoms. The van der Waals surface area contributed by atoms with E-state index in [4.69, 9.17) is 5.73 Å². The molecule has 1 heterocycles. The third-order valence-electron chi connectivity index (χ3n) is 4.74. The van der Waals surface area contributed by atoms with Crippen LogP contribution in [-0.4, -0.2) is 17.7 Å². The van der Waals surface area contributed by atoms with Gasteiger partial charge in [-0.3, -0.25) is 9.59 Å². The van der Waals surface area contributed by atoms with Crippen molar-refractivity contribution in [2.24, 2.45) is 11.3 Å². The van der Waals surface area contributed by atoms with E-state index in [0.717, 1.165) is 29.7 Å². The van der Waals surface area contributed by atoms with E-state index in [2.05, 4.69) is 11.4 Å². The van der Waals surface area contributed by atoms with Crippen molar-refractivity contribution in [3.8, 4) is 6.07 Å².